The zero-order valence-corrected chi connectivity index (χ0v) is 15.5. The van der Waals surface area contributed by atoms with Gasteiger partial charge in [0, 0.05) is 5.69 Å². The van der Waals surface area contributed by atoms with Gasteiger partial charge in [0.2, 0.25) is 5.91 Å². The Bertz CT molecular complexity index is 677. The van der Waals surface area contributed by atoms with E-state index in [9.17, 15) is 4.79 Å². The Hall–Kier alpha value is -2.24. The van der Waals surface area contributed by atoms with Gasteiger partial charge in [0.25, 0.3) is 0 Å². The van der Waals surface area contributed by atoms with Crippen LogP contribution < -0.4 is 20.5 Å². The number of halogens is 1. The second-order valence-electron chi connectivity index (χ2n) is 5.68. The summed E-state index contributed by atoms with van der Waals surface area (Å²) in [5.74, 6) is 1.91. The number of carbonyl (C=O) groups excluding carboxylic acids is 1. The van der Waals surface area contributed by atoms with Crippen molar-refractivity contribution < 1.29 is 14.3 Å². The lowest BCUT2D eigenvalue weighted by molar-refractivity contribution is -0.118. The van der Waals surface area contributed by atoms with Gasteiger partial charge >= 0.3 is 0 Å². The Morgan fingerprint density at radius 2 is 1.72 bits per heavy atom. The summed E-state index contributed by atoms with van der Waals surface area (Å²) >= 11 is 0. The number of rotatable bonds is 7. The van der Waals surface area contributed by atoms with Crippen LogP contribution in [0.5, 0.6) is 17.2 Å². The van der Waals surface area contributed by atoms with Crippen molar-refractivity contribution in [3.8, 4) is 17.2 Å². The molecule has 2 aromatic carbocycles. The summed E-state index contributed by atoms with van der Waals surface area (Å²) in [6, 6.07) is 14.1. The highest BCUT2D eigenvalue weighted by atomic mass is 35.5. The molecule has 0 saturated carbocycles. The maximum absolute atomic E-state index is 12.1. The fraction of sp³-hybridized carbons (Fsp3) is 0.316. The first-order chi connectivity index (χ1) is 11.5. The third kappa shape index (κ3) is 5.66. The molecular weight excluding hydrogens is 340 g/mol. The van der Waals surface area contributed by atoms with Crippen LogP contribution in [-0.4, -0.2) is 19.1 Å². The molecule has 3 N–H and O–H groups in total. The molecule has 5 nitrogen and oxygen atoms in total. The molecule has 0 fully saturated rings. The minimum atomic E-state index is -0.514. The van der Waals surface area contributed by atoms with Crippen molar-refractivity contribution in [2.24, 2.45) is 11.7 Å². The van der Waals surface area contributed by atoms with Gasteiger partial charge in [-0.15, -0.1) is 12.4 Å². The Balaban J connectivity index is 0.00000312. The predicted octanol–water partition coefficient (Wildman–Crippen LogP) is 4.22. The summed E-state index contributed by atoms with van der Waals surface area (Å²) in [5.41, 5.74) is 6.62. The van der Waals surface area contributed by atoms with Crippen molar-refractivity contribution in [1.29, 1.82) is 0 Å². The third-order valence-corrected chi connectivity index (χ3v) is 3.98. The highest BCUT2D eigenvalue weighted by Gasteiger charge is 2.19. The molecule has 136 valence electrons. The SMILES string of the molecule is CCC(C)C(N)C(=O)Nc1ccc(Oc2ccccc2OC)cc1.Cl. The van der Waals surface area contributed by atoms with E-state index in [1.54, 1.807) is 31.4 Å². The molecule has 0 aliphatic carbocycles. The van der Waals surface area contributed by atoms with E-state index in [2.05, 4.69) is 5.32 Å². The van der Waals surface area contributed by atoms with Crippen molar-refractivity contribution in [2.75, 3.05) is 12.4 Å². The summed E-state index contributed by atoms with van der Waals surface area (Å²) in [4.78, 5) is 12.1. The number of ether oxygens (including phenoxy) is 2. The van der Waals surface area contributed by atoms with Crippen LogP contribution in [0.25, 0.3) is 0 Å². The minimum absolute atomic E-state index is 0. The first kappa shape index (κ1) is 20.8. The second kappa shape index (κ2) is 9.91. The number of methoxy groups -OCH3 is 1. The van der Waals surface area contributed by atoms with Crippen LogP contribution in [0.4, 0.5) is 5.69 Å². The third-order valence-electron chi connectivity index (χ3n) is 3.98. The summed E-state index contributed by atoms with van der Waals surface area (Å²) < 4.78 is 11.1. The van der Waals surface area contributed by atoms with Crippen molar-refractivity contribution in [1.82, 2.24) is 0 Å². The van der Waals surface area contributed by atoms with Gasteiger partial charge in [-0.3, -0.25) is 4.79 Å². The largest absolute Gasteiger partial charge is 0.493 e. The van der Waals surface area contributed by atoms with E-state index in [0.717, 1.165) is 6.42 Å². The molecule has 0 radical (unpaired) electrons. The van der Waals surface area contributed by atoms with E-state index in [1.165, 1.54) is 0 Å². The smallest absolute Gasteiger partial charge is 0.241 e. The maximum atomic E-state index is 12.1. The normalized spacial score (nSPS) is 12.5. The second-order valence-corrected chi connectivity index (χ2v) is 5.68. The van der Waals surface area contributed by atoms with Crippen molar-refractivity contribution in [2.45, 2.75) is 26.3 Å². The van der Waals surface area contributed by atoms with Crippen LogP contribution in [0.2, 0.25) is 0 Å². The van der Waals surface area contributed by atoms with Gasteiger partial charge in [0.15, 0.2) is 11.5 Å². The lowest BCUT2D eigenvalue weighted by Crippen LogP contribution is -2.40. The van der Waals surface area contributed by atoms with Gasteiger partial charge in [-0.1, -0.05) is 32.4 Å². The molecule has 6 heteroatoms. The topological polar surface area (TPSA) is 73.6 Å². The summed E-state index contributed by atoms with van der Waals surface area (Å²) in [5, 5.41) is 2.83. The van der Waals surface area contributed by atoms with Gasteiger partial charge in [0.05, 0.1) is 13.2 Å². The van der Waals surface area contributed by atoms with Crippen LogP contribution in [-0.2, 0) is 4.79 Å². The van der Waals surface area contributed by atoms with Crippen molar-refractivity contribution in [3.63, 3.8) is 0 Å². The van der Waals surface area contributed by atoms with E-state index in [0.29, 0.717) is 22.9 Å². The molecule has 2 aromatic rings. The number of nitrogens with one attached hydrogen (secondary N) is 1. The first-order valence-corrected chi connectivity index (χ1v) is 8.02. The van der Waals surface area contributed by atoms with Crippen LogP contribution in [0, 0.1) is 5.92 Å². The van der Waals surface area contributed by atoms with Crippen molar-refractivity contribution >= 4 is 24.0 Å². The fourth-order valence-corrected chi connectivity index (χ4v) is 2.17. The Labute approximate surface area is 154 Å². The zero-order valence-electron chi connectivity index (χ0n) is 14.7. The first-order valence-electron chi connectivity index (χ1n) is 8.02. The Morgan fingerprint density at radius 1 is 1.12 bits per heavy atom. The molecule has 2 unspecified atom stereocenters. The minimum Gasteiger partial charge on any atom is -0.493 e. The standard InChI is InChI=1S/C19H24N2O3.ClH/c1-4-13(2)18(20)19(22)21-14-9-11-15(12-10-14)24-17-8-6-5-7-16(17)23-3;/h5-13,18H,4,20H2,1-3H3,(H,21,22);1H. The van der Waals surface area contributed by atoms with E-state index in [-0.39, 0.29) is 24.2 Å². The van der Waals surface area contributed by atoms with Crippen molar-refractivity contribution in [3.05, 3.63) is 48.5 Å². The molecule has 0 heterocycles. The van der Waals surface area contributed by atoms with Gasteiger partial charge in [-0.05, 0) is 42.3 Å². The summed E-state index contributed by atoms with van der Waals surface area (Å²) in [7, 11) is 1.60. The Morgan fingerprint density at radius 3 is 2.28 bits per heavy atom. The number of hydrogen-bond donors (Lipinski definition) is 2. The molecule has 1 amide bonds. The van der Waals surface area contributed by atoms with Crippen LogP contribution in [0.15, 0.2) is 48.5 Å². The lowest BCUT2D eigenvalue weighted by atomic mass is 9.99. The molecule has 2 rings (SSSR count). The van der Waals surface area contributed by atoms with E-state index in [1.807, 2.05) is 38.1 Å². The van der Waals surface area contributed by atoms with Gasteiger partial charge in [-0.25, -0.2) is 0 Å². The van der Waals surface area contributed by atoms with Gasteiger partial charge < -0.3 is 20.5 Å². The van der Waals surface area contributed by atoms with E-state index >= 15 is 0 Å². The van der Waals surface area contributed by atoms with E-state index < -0.39 is 6.04 Å². The quantitative estimate of drug-likeness (QED) is 0.771. The molecule has 0 spiro atoms. The molecular formula is C19H25ClN2O3. The fourth-order valence-electron chi connectivity index (χ4n) is 2.17. The lowest BCUT2D eigenvalue weighted by Gasteiger charge is -2.17. The van der Waals surface area contributed by atoms with Crippen LogP contribution >= 0.6 is 12.4 Å². The Kier molecular flexibility index (Phi) is 8.25. The maximum Gasteiger partial charge on any atom is 0.241 e. The molecule has 0 bridgehead atoms. The average molecular weight is 365 g/mol. The molecule has 0 aromatic heterocycles. The number of hydrogen-bond acceptors (Lipinski definition) is 4. The summed E-state index contributed by atoms with van der Waals surface area (Å²) in [6.45, 7) is 3.98. The number of anilines is 1. The van der Waals surface area contributed by atoms with E-state index in [4.69, 9.17) is 15.2 Å². The molecule has 2 atom stereocenters. The van der Waals surface area contributed by atoms with Crippen LogP contribution in [0.3, 0.4) is 0 Å². The van der Waals surface area contributed by atoms with Crippen LogP contribution in [0.1, 0.15) is 20.3 Å². The predicted molar refractivity (Wildman–Crippen MR) is 103 cm³/mol. The number of para-hydroxylation sites is 2. The number of benzene rings is 2. The number of nitrogens with two attached hydrogens (primary N) is 1. The average Bonchev–Trinajstić information content (AvgIpc) is 2.62. The van der Waals surface area contributed by atoms with Gasteiger partial charge in [0.1, 0.15) is 5.75 Å². The zero-order chi connectivity index (χ0) is 17.5. The summed E-state index contributed by atoms with van der Waals surface area (Å²) in [6.07, 6.45) is 0.861. The molecule has 0 aliphatic heterocycles. The number of carbonyl (C=O) groups is 1. The monoisotopic (exact) mass is 364 g/mol. The van der Waals surface area contributed by atoms with Gasteiger partial charge in [-0.2, -0.15) is 0 Å². The molecule has 25 heavy (non-hydrogen) atoms. The highest BCUT2D eigenvalue weighted by Crippen LogP contribution is 2.31. The molecule has 0 saturated heterocycles. The number of amides is 1. The highest BCUT2D eigenvalue weighted by molar-refractivity contribution is 5.94. The molecule has 0 aliphatic rings.